The molecule has 0 amide bonds. The number of fused-ring (bicyclic) bond motifs is 1. The van der Waals surface area contributed by atoms with E-state index in [1.165, 1.54) is 30.6 Å². The molecule has 0 aromatic heterocycles. The van der Waals surface area contributed by atoms with Crippen LogP contribution >= 0.6 is 0 Å². The smallest absolute Gasteiger partial charge is 0.0716 e. The van der Waals surface area contributed by atoms with E-state index in [-0.39, 0.29) is 0 Å². The molecule has 1 saturated heterocycles. The number of anilines is 1. The molecule has 2 aromatic rings. The number of rotatable bonds is 6. The molecule has 1 aliphatic carbocycles. The highest BCUT2D eigenvalue weighted by Gasteiger charge is 2.66. The topological polar surface area (TPSA) is 12.5 Å². The zero-order chi connectivity index (χ0) is 15.7. The SMILES string of the molecule is C[C@@]12[C@H](CCOCc3ccccc3)[C@@H]1CCN2c1ccccc1. The second kappa shape index (κ2) is 6.01. The molecule has 3 atom stereocenters. The molecule has 0 radical (unpaired) electrons. The lowest BCUT2D eigenvalue weighted by Gasteiger charge is -2.29. The zero-order valence-corrected chi connectivity index (χ0v) is 13.8. The highest BCUT2D eigenvalue weighted by molar-refractivity contribution is 5.54. The third-order valence-corrected chi connectivity index (χ3v) is 5.88. The number of hydrogen-bond donors (Lipinski definition) is 0. The molecule has 0 unspecified atom stereocenters. The number of ether oxygens (including phenoxy) is 1. The van der Waals surface area contributed by atoms with Gasteiger partial charge in [0.05, 0.1) is 6.61 Å². The molecular formula is C21H25NO. The van der Waals surface area contributed by atoms with E-state index in [1.807, 2.05) is 6.07 Å². The molecule has 2 fully saturated rings. The van der Waals surface area contributed by atoms with Crippen LogP contribution in [0.25, 0.3) is 0 Å². The molecule has 1 heterocycles. The van der Waals surface area contributed by atoms with Crippen LogP contribution in [0.4, 0.5) is 5.69 Å². The van der Waals surface area contributed by atoms with Crippen LogP contribution in [0.15, 0.2) is 60.7 Å². The van der Waals surface area contributed by atoms with Gasteiger partial charge in [0.2, 0.25) is 0 Å². The van der Waals surface area contributed by atoms with Crippen molar-refractivity contribution < 1.29 is 4.74 Å². The van der Waals surface area contributed by atoms with Crippen molar-refractivity contribution in [2.75, 3.05) is 18.1 Å². The zero-order valence-electron chi connectivity index (χ0n) is 13.8. The summed E-state index contributed by atoms with van der Waals surface area (Å²) in [4.78, 5) is 2.62. The van der Waals surface area contributed by atoms with E-state index in [0.717, 1.165) is 25.0 Å². The molecule has 0 N–H and O–H groups in total. The molecule has 1 saturated carbocycles. The summed E-state index contributed by atoms with van der Waals surface area (Å²) in [6, 6.07) is 21.3. The third-order valence-electron chi connectivity index (χ3n) is 5.88. The van der Waals surface area contributed by atoms with Gasteiger partial charge in [-0.2, -0.15) is 0 Å². The fraction of sp³-hybridized carbons (Fsp3) is 0.429. The van der Waals surface area contributed by atoms with Crippen LogP contribution < -0.4 is 4.90 Å². The van der Waals surface area contributed by atoms with E-state index in [2.05, 4.69) is 66.4 Å². The summed E-state index contributed by atoms with van der Waals surface area (Å²) in [7, 11) is 0. The van der Waals surface area contributed by atoms with Crippen molar-refractivity contribution in [2.24, 2.45) is 11.8 Å². The summed E-state index contributed by atoms with van der Waals surface area (Å²) in [6.07, 6.45) is 2.51. The summed E-state index contributed by atoms with van der Waals surface area (Å²) in [5, 5.41) is 0. The van der Waals surface area contributed by atoms with Crippen LogP contribution in [0.2, 0.25) is 0 Å². The molecule has 120 valence electrons. The highest BCUT2D eigenvalue weighted by atomic mass is 16.5. The van der Waals surface area contributed by atoms with Crippen LogP contribution in [0.5, 0.6) is 0 Å². The summed E-state index contributed by atoms with van der Waals surface area (Å²) < 4.78 is 5.90. The lowest BCUT2D eigenvalue weighted by Crippen LogP contribution is -2.34. The van der Waals surface area contributed by atoms with E-state index in [1.54, 1.807) is 0 Å². The van der Waals surface area contributed by atoms with Gasteiger partial charge in [0.1, 0.15) is 0 Å². The Labute approximate surface area is 139 Å². The van der Waals surface area contributed by atoms with Gasteiger partial charge >= 0.3 is 0 Å². The van der Waals surface area contributed by atoms with E-state index < -0.39 is 0 Å². The highest BCUT2D eigenvalue weighted by Crippen LogP contribution is 2.63. The van der Waals surface area contributed by atoms with Crippen LogP contribution in [-0.4, -0.2) is 18.7 Å². The summed E-state index contributed by atoms with van der Waals surface area (Å²) in [6.45, 7) is 5.25. The second-order valence-electron chi connectivity index (χ2n) is 7.04. The van der Waals surface area contributed by atoms with Crippen molar-refractivity contribution in [2.45, 2.75) is 31.9 Å². The minimum atomic E-state index is 0.359. The van der Waals surface area contributed by atoms with Crippen molar-refractivity contribution in [3.05, 3.63) is 66.2 Å². The van der Waals surface area contributed by atoms with Crippen molar-refractivity contribution >= 4 is 5.69 Å². The first-order valence-corrected chi connectivity index (χ1v) is 8.74. The first-order chi connectivity index (χ1) is 11.3. The lowest BCUT2D eigenvalue weighted by molar-refractivity contribution is 0.112. The molecule has 1 aliphatic heterocycles. The molecule has 0 bridgehead atoms. The minimum absolute atomic E-state index is 0.359. The Bertz CT molecular complexity index is 641. The summed E-state index contributed by atoms with van der Waals surface area (Å²) in [5.74, 6) is 1.63. The van der Waals surface area contributed by atoms with E-state index in [4.69, 9.17) is 4.74 Å². The summed E-state index contributed by atoms with van der Waals surface area (Å²) in [5.41, 5.74) is 3.00. The van der Waals surface area contributed by atoms with Gasteiger partial charge in [0.25, 0.3) is 0 Å². The van der Waals surface area contributed by atoms with E-state index >= 15 is 0 Å². The Morgan fingerprint density at radius 1 is 1.04 bits per heavy atom. The maximum absolute atomic E-state index is 5.90. The van der Waals surface area contributed by atoms with Crippen molar-refractivity contribution in [3.8, 4) is 0 Å². The molecule has 2 heteroatoms. The Morgan fingerprint density at radius 2 is 1.74 bits per heavy atom. The Kier molecular flexibility index (Phi) is 3.86. The molecule has 4 rings (SSSR count). The van der Waals surface area contributed by atoms with Gasteiger partial charge in [0.15, 0.2) is 0 Å². The predicted octanol–water partition coefficient (Wildman–Crippen LogP) is 4.51. The van der Waals surface area contributed by atoms with Gasteiger partial charge in [-0.1, -0.05) is 48.5 Å². The third kappa shape index (κ3) is 2.66. The number of piperidine rings is 1. The van der Waals surface area contributed by atoms with Gasteiger partial charge in [0, 0.05) is 24.4 Å². The molecule has 2 nitrogen and oxygen atoms in total. The van der Waals surface area contributed by atoms with Crippen LogP contribution in [0.3, 0.4) is 0 Å². The fourth-order valence-electron chi connectivity index (χ4n) is 4.57. The normalized spacial score (nSPS) is 28.7. The molecule has 23 heavy (non-hydrogen) atoms. The fourth-order valence-corrected chi connectivity index (χ4v) is 4.57. The van der Waals surface area contributed by atoms with Crippen LogP contribution in [0.1, 0.15) is 25.3 Å². The lowest BCUT2D eigenvalue weighted by atomic mass is 10.1. The van der Waals surface area contributed by atoms with E-state index in [9.17, 15) is 0 Å². The van der Waals surface area contributed by atoms with Crippen molar-refractivity contribution in [1.82, 2.24) is 0 Å². The van der Waals surface area contributed by atoms with Crippen molar-refractivity contribution in [3.63, 3.8) is 0 Å². The largest absolute Gasteiger partial charge is 0.377 e. The number of para-hydroxylation sites is 1. The standard InChI is InChI=1S/C21H25NO/c1-21-19(12-14-22(21)18-10-6-3-7-11-18)20(21)13-15-23-16-17-8-4-2-5-9-17/h2-11,19-20H,12-16H2,1H3/t19-,20+,21-/m0/s1. The Balaban J connectivity index is 1.30. The Morgan fingerprint density at radius 3 is 2.48 bits per heavy atom. The first-order valence-electron chi connectivity index (χ1n) is 8.74. The van der Waals surface area contributed by atoms with Gasteiger partial charge in [-0.3, -0.25) is 0 Å². The molecule has 2 aromatic carbocycles. The Hall–Kier alpha value is -1.80. The van der Waals surface area contributed by atoms with Crippen LogP contribution in [-0.2, 0) is 11.3 Å². The van der Waals surface area contributed by atoms with Gasteiger partial charge < -0.3 is 9.64 Å². The number of nitrogens with zero attached hydrogens (tertiary/aromatic N) is 1. The van der Waals surface area contributed by atoms with Gasteiger partial charge in [-0.15, -0.1) is 0 Å². The minimum Gasteiger partial charge on any atom is -0.377 e. The summed E-state index contributed by atoms with van der Waals surface area (Å²) >= 11 is 0. The maximum Gasteiger partial charge on any atom is 0.0716 e. The van der Waals surface area contributed by atoms with Crippen molar-refractivity contribution in [1.29, 1.82) is 0 Å². The molecular weight excluding hydrogens is 282 g/mol. The number of benzene rings is 2. The average Bonchev–Trinajstić information content (AvgIpc) is 3.00. The monoisotopic (exact) mass is 307 g/mol. The number of hydrogen-bond acceptors (Lipinski definition) is 2. The quantitative estimate of drug-likeness (QED) is 0.728. The molecule has 2 aliphatic rings. The van der Waals surface area contributed by atoms with E-state index in [0.29, 0.717) is 5.54 Å². The average molecular weight is 307 g/mol. The van der Waals surface area contributed by atoms with Crippen LogP contribution in [0, 0.1) is 11.8 Å². The predicted molar refractivity (Wildman–Crippen MR) is 94.5 cm³/mol. The van der Waals surface area contributed by atoms with Gasteiger partial charge in [-0.25, -0.2) is 0 Å². The second-order valence-corrected chi connectivity index (χ2v) is 7.04. The molecule has 0 spiro atoms. The van der Waals surface area contributed by atoms with Gasteiger partial charge in [-0.05, 0) is 49.3 Å². The maximum atomic E-state index is 5.90. The first kappa shape index (κ1) is 14.8.